The SMILES string of the molecule is CC(C#N)(NCCCS(=O)(=O)O)c1ccccc1. The van der Waals surface area contributed by atoms with Crippen molar-refractivity contribution in [1.82, 2.24) is 5.32 Å². The summed E-state index contributed by atoms with van der Waals surface area (Å²) in [4.78, 5) is 0. The van der Waals surface area contributed by atoms with Gasteiger partial charge in [-0.25, -0.2) is 0 Å². The molecule has 0 aromatic heterocycles. The molecule has 1 aromatic carbocycles. The first kappa shape index (κ1) is 14.6. The van der Waals surface area contributed by atoms with Crippen LogP contribution in [0.1, 0.15) is 18.9 Å². The smallest absolute Gasteiger partial charge is 0.264 e. The van der Waals surface area contributed by atoms with Gasteiger partial charge in [0.1, 0.15) is 5.54 Å². The highest BCUT2D eigenvalue weighted by Gasteiger charge is 2.25. The normalized spacial score (nSPS) is 14.7. The lowest BCUT2D eigenvalue weighted by Crippen LogP contribution is -2.39. The number of hydrogen-bond acceptors (Lipinski definition) is 4. The van der Waals surface area contributed by atoms with Gasteiger partial charge in [0, 0.05) is 0 Å². The maximum absolute atomic E-state index is 10.6. The van der Waals surface area contributed by atoms with Crippen LogP contribution in [-0.4, -0.2) is 25.3 Å². The fraction of sp³-hybridized carbons (Fsp3) is 0.417. The molecule has 18 heavy (non-hydrogen) atoms. The molecule has 0 saturated heterocycles. The van der Waals surface area contributed by atoms with Crippen molar-refractivity contribution in [3.8, 4) is 6.07 Å². The Morgan fingerprint density at radius 3 is 2.50 bits per heavy atom. The standard InChI is InChI=1S/C12H16N2O3S/c1-12(10-13,11-6-3-2-4-7-11)14-8-5-9-18(15,16)17/h2-4,6-7,14H,5,8-9H2,1H3,(H,15,16,17). The van der Waals surface area contributed by atoms with E-state index in [0.29, 0.717) is 6.54 Å². The molecule has 0 spiro atoms. The molecule has 1 rings (SSSR count). The second kappa shape index (κ2) is 5.96. The molecular weight excluding hydrogens is 252 g/mol. The molecule has 5 nitrogen and oxygen atoms in total. The minimum atomic E-state index is -3.94. The molecule has 0 bridgehead atoms. The van der Waals surface area contributed by atoms with E-state index in [1.54, 1.807) is 6.92 Å². The molecular formula is C12H16N2O3S. The summed E-state index contributed by atoms with van der Waals surface area (Å²) in [5.74, 6) is -0.309. The molecule has 0 aliphatic heterocycles. The van der Waals surface area contributed by atoms with Gasteiger partial charge in [-0.15, -0.1) is 0 Å². The number of nitriles is 1. The van der Waals surface area contributed by atoms with Crippen LogP contribution in [0.4, 0.5) is 0 Å². The van der Waals surface area contributed by atoms with Gasteiger partial charge >= 0.3 is 0 Å². The van der Waals surface area contributed by atoms with Crippen molar-refractivity contribution in [2.45, 2.75) is 18.9 Å². The monoisotopic (exact) mass is 268 g/mol. The summed E-state index contributed by atoms with van der Waals surface area (Å²) < 4.78 is 29.7. The molecule has 0 amide bonds. The first-order valence-electron chi connectivity index (χ1n) is 5.54. The summed E-state index contributed by atoms with van der Waals surface area (Å²) in [6, 6.07) is 11.4. The highest BCUT2D eigenvalue weighted by atomic mass is 32.2. The zero-order valence-electron chi connectivity index (χ0n) is 10.1. The quantitative estimate of drug-likeness (QED) is 0.599. The van der Waals surface area contributed by atoms with E-state index in [4.69, 9.17) is 4.55 Å². The van der Waals surface area contributed by atoms with Crippen molar-refractivity contribution in [2.24, 2.45) is 0 Å². The molecule has 1 atom stereocenters. The third-order valence-corrected chi connectivity index (χ3v) is 3.44. The van der Waals surface area contributed by atoms with Crippen LogP contribution >= 0.6 is 0 Å². The molecule has 98 valence electrons. The summed E-state index contributed by atoms with van der Waals surface area (Å²) >= 11 is 0. The first-order chi connectivity index (χ1) is 8.37. The topological polar surface area (TPSA) is 90.2 Å². The number of benzene rings is 1. The molecule has 2 N–H and O–H groups in total. The summed E-state index contributed by atoms with van der Waals surface area (Å²) in [5.41, 5.74) is -0.0418. The van der Waals surface area contributed by atoms with Gasteiger partial charge in [0.05, 0.1) is 11.8 Å². The van der Waals surface area contributed by atoms with Crippen LogP contribution in [0.25, 0.3) is 0 Å². The maximum atomic E-state index is 10.6. The minimum absolute atomic E-state index is 0.253. The van der Waals surface area contributed by atoms with Gasteiger partial charge in [0.15, 0.2) is 0 Å². The van der Waals surface area contributed by atoms with E-state index in [1.807, 2.05) is 30.3 Å². The molecule has 0 fully saturated rings. The summed E-state index contributed by atoms with van der Waals surface area (Å²) in [7, 11) is -3.94. The van der Waals surface area contributed by atoms with Crippen LogP contribution in [0.15, 0.2) is 30.3 Å². The lowest BCUT2D eigenvalue weighted by molar-refractivity contribution is 0.454. The Hall–Kier alpha value is -1.42. The molecule has 1 unspecified atom stereocenters. The molecule has 0 heterocycles. The van der Waals surface area contributed by atoms with Crippen LogP contribution in [0.5, 0.6) is 0 Å². The van der Waals surface area contributed by atoms with E-state index in [2.05, 4.69) is 11.4 Å². The molecule has 1 aromatic rings. The van der Waals surface area contributed by atoms with Crippen molar-refractivity contribution in [3.63, 3.8) is 0 Å². The summed E-state index contributed by atoms with van der Waals surface area (Å²) in [5, 5.41) is 12.2. The van der Waals surface area contributed by atoms with Crippen LogP contribution in [0, 0.1) is 11.3 Å². The van der Waals surface area contributed by atoms with Crippen LogP contribution in [-0.2, 0) is 15.7 Å². The Kier molecular flexibility index (Phi) is 4.84. The van der Waals surface area contributed by atoms with Crippen LogP contribution in [0.2, 0.25) is 0 Å². The van der Waals surface area contributed by atoms with Crippen molar-refractivity contribution >= 4 is 10.1 Å². The van der Waals surface area contributed by atoms with Gasteiger partial charge in [-0.05, 0) is 25.5 Å². The Bertz CT molecular complexity index is 522. The van der Waals surface area contributed by atoms with Gasteiger partial charge in [-0.1, -0.05) is 30.3 Å². The van der Waals surface area contributed by atoms with E-state index < -0.39 is 15.7 Å². The molecule has 6 heteroatoms. The maximum Gasteiger partial charge on any atom is 0.264 e. The Labute approximate surface area is 107 Å². The average molecular weight is 268 g/mol. The minimum Gasteiger partial charge on any atom is -0.296 e. The van der Waals surface area contributed by atoms with Gasteiger partial charge in [0.2, 0.25) is 0 Å². The number of nitrogens with one attached hydrogen (secondary N) is 1. The van der Waals surface area contributed by atoms with Crippen LogP contribution < -0.4 is 5.32 Å². The molecule has 0 aliphatic carbocycles. The number of rotatable bonds is 6. The zero-order valence-corrected chi connectivity index (χ0v) is 10.9. The third kappa shape index (κ3) is 4.45. The first-order valence-corrected chi connectivity index (χ1v) is 7.15. The van der Waals surface area contributed by atoms with Crippen molar-refractivity contribution < 1.29 is 13.0 Å². The fourth-order valence-electron chi connectivity index (χ4n) is 1.57. The lowest BCUT2D eigenvalue weighted by Gasteiger charge is -2.23. The molecule has 0 aliphatic rings. The van der Waals surface area contributed by atoms with Gasteiger partial charge in [0.25, 0.3) is 10.1 Å². The van der Waals surface area contributed by atoms with E-state index in [9.17, 15) is 13.7 Å². The van der Waals surface area contributed by atoms with Crippen molar-refractivity contribution in [1.29, 1.82) is 5.26 Å². The molecule has 0 radical (unpaired) electrons. The highest BCUT2D eigenvalue weighted by molar-refractivity contribution is 7.85. The van der Waals surface area contributed by atoms with Gasteiger partial charge < -0.3 is 0 Å². The van der Waals surface area contributed by atoms with Crippen molar-refractivity contribution in [3.05, 3.63) is 35.9 Å². The van der Waals surface area contributed by atoms with E-state index in [1.165, 1.54) is 0 Å². The Morgan fingerprint density at radius 2 is 2.00 bits per heavy atom. The second-order valence-electron chi connectivity index (χ2n) is 4.17. The average Bonchev–Trinajstić information content (AvgIpc) is 2.34. The number of nitrogens with zero attached hydrogens (tertiary/aromatic N) is 1. The second-order valence-corrected chi connectivity index (χ2v) is 5.74. The van der Waals surface area contributed by atoms with E-state index in [-0.39, 0.29) is 12.2 Å². The van der Waals surface area contributed by atoms with E-state index in [0.717, 1.165) is 5.56 Å². The number of hydrogen-bond donors (Lipinski definition) is 2. The third-order valence-electron chi connectivity index (χ3n) is 2.63. The summed E-state index contributed by atoms with van der Waals surface area (Å²) in [6.45, 7) is 2.06. The predicted molar refractivity (Wildman–Crippen MR) is 68.4 cm³/mol. The largest absolute Gasteiger partial charge is 0.296 e. The van der Waals surface area contributed by atoms with Crippen molar-refractivity contribution in [2.75, 3.05) is 12.3 Å². The van der Waals surface area contributed by atoms with Gasteiger partial charge in [-0.3, -0.25) is 9.87 Å². The van der Waals surface area contributed by atoms with Gasteiger partial charge in [-0.2, -0.15) is 13.7 Å². The predicted octanol–water partition coefficient (Wildman–Crippen LogP) is 1.29. The fourth-order valence-corrected chi connectivity index (χ4v) is 2.08. The highest BCUT2D eigenvalue weighted by Crippen LogP contribution is 2.19. The van der Waals surface area contributed by atoms with Crippen LogP contribution in [0.3, 0.4) is 0 Å². The lowest BCUT2D eigenvalue weighted by atomic mass is 9.93. The van der Waals surface area contributed by atoms with E-state index >= 15 is 0 Å². The summed E-state index contributed by atoms with van der Waals surface area (Å²) in [6.07, 6.45) is 0.253. The molecule has 0 saturated carbocycles. The zero-order chi connectivity index (χ0) is 13.6. The Balaban J connectivity index is 2.60. The Morgan fingerprint density at radius 1 is 1.39 bits per heavy atom.